The molecule has 152 valence electrons. The lowest BCUT2D eigenvalue weighted by Crippen LogP contribution is -2.23. The van der Waals surface area contributed by atoms with Crippen molar-refractivity contribution in [2.75, 3.05) is 0 Å². The molecule has 0 aliphatic rings. The Morgan fingerprint density at radius 2 is 1.81 bits per heavy atom. The topological polar surface area (TPSA) is 92.2 Å². The van der Waals surface area contributed by atoms with E-state index in [1.165, 1.54) is 0 Å². The average Bonchev–Trinajstić information content (AvgIpc) is 3.23. The molecule has 0 aliphatic heterocycles. The smallest absolute Gasteiger partial charge is 0.281 e. The van der Waals surface area contributed by atoms with E-state index in [4.69, 9.17) is 11.6 Å². The van der Waals surface area contributed by atoms with Gasteiger partial charge in [0.15, 0.2) is 5.65 Å². The molecule has 2 N–H and O–H groups in total. The Hall–Kier alpha value is -3.97. The predicted molar refractivity (Wildman–Crippen MR) is 119 cm³/mol. The Kier molecular flexibility index (Phi) is 4.72. The Morgan fingerprint density at radius 3 is 2.58 bits per heavy atom. The molecule has 2 heterocycles. The van der Waals surface area contributed by atoms with Gasteiger partial charge in [-0.25, -0.2) is 9.73 Å². The highest BCUT2D eigenvalue weighted by molar-refractivity contribution is 6.30. The first-order valence-corrected chi connectivity index (χ1v) is 9.97. The molecule has 31 heavy (non-hydrogen) atoms. The zero-order chi connectivity index (χ0) is 21.4. The van der Waals surface area contributed by atoms with Crippen molar-refractivity contribution >= 4 is 34.1 Å². The van der Waals surface area contributed by atoms with Gasteiger partial charge in [-0.05, 0) is 35.9 Å². The SMILES string of the molecule is O=C(NCc1ccc(Cl)cc1)c1ccc2c(=O)nc3c(-c4ccccc4)n[nH]n3c2c1. The fourth-order valence-corrected chi connectivity index (χ4v) is 3.57. The summed E-state index contributed by atoms with van der Waals surface area (Å²) >= 11 is 5.90. The van der Waals surface area contributed by atoms with Crippen LogP contribution in [-0.4, -0.2) is 25.7 Å². The molecule has 5 rings (SSSR count). The van der Waals surface area contributed by atoms with E-state index in [2.05, 4.69) is 20.6 Å². The molecule has 0 radical (unpaired) electrons. The fraction of sp³-hybridized carbons (Fsp3) is 0.0435. The molecule has 8 heteroatoms. The second-order valence-electron chi connectivity index (χ2n) is 7.04. The van der Waals surface area contributed by atoms with Gasteiger partial charge in [-0.3, -0.25) is 9.59 Å². The van der Waals surface area contributed by atoms with E-state index in [0.717, 1.165) is 11.1 Å². The number of rotatable bonds is 4. The number of hydrogen-bond donors (Lipinski definition) is 2. The van der Waals surface area contributed by atoms with Crippen molar-refractivity contribution in [1.29, 1.82) is 0 Å². The van der Waals surface area contributed by atoms with Gasteiger partial charge in [0.1, 0.15) is 5.69 Å². The highest BCUT2D eigenvalue weighted by Crippen LogP contribution is 2.22. The van der Waals surface area contributed by atoms with Gasteiger partial charge in [0.25, 0.3) is 11.5 Å². The van der Waals surface area contributed by atoms with Gasteiger partial charge >= 0.3 is 0 Å². The maximum absolute atomic E-state index is 12.7. The van der Waals surface area contributed by atoms with Gasteiger partial charge in [-0.2, -0.15) is 10.1 Å². The summed E-state index contributed by atoms with van der Waals surface area (Å²) in [7, 11) is 0. The van der Waals surface area contributed by atoms with Crippen LogP contribution in [0.3, 0.4) is 0 Å². The van der Waals surface area contributed by atoms with Gasteiger partial charge < -0.3 is 5.32 Å². The van der Waals surface area contributed by atoms with Crippen molar-refractivity contribution in [3.05, 3.63) is 99.3 Å². The van der Waals surface area contributed by atoms with Crippen LogP contribution >= 0.6 is 11.6 Å². The van der Waals surface area contributed by atoms with Crippen molar-refractivity contribution in [2.45, 2.75) is 6.54 Å². The summed E-state index contributed by atoms with van der Waals surface area (Å²) in [4.78, 5) is 29.5. The van der Waals surface area contributed by atoms with Crippen LogP contribution in [-0.2, 0) is 6.54 Å². The summed E-state index contributed by atoms with van der Waals surface area (Å²) in [5, 5.41) is 11.2. The van der Waals surface area contributed by atoms with E-state index in [9.17, 15) is 9.59 Å². The second-order valence-corrected chi connectivity index (χ2v) is 7.48. The lowest BCUT2D eigenvalue weighted by molar-refractivity contribution is 0.0951. The number of benzene rings is 3. The van der Waals surface area contributed by atoms with Gasteiger partial charge in [0.2, 0.25) is 0 Å². The van der Waals surface area contributed by atoms with Gasteiger partial charge in [-0.15, -0.1) is 0 Å². The van der Waals surface area contributed by atoms with Crippen molar-refractivity contribution in [1.82, 2.24) is 25.1 Å². The maximum Gasteiger partial charge on any atom is 0.281 e. The molecule has 0 atom stereocenters. The van der Waals surface area contributed by atoms with Gasteiger partial charge in [-0.1, -0.05) is 54.1 Å². The molecule has 0 aliphatic carbocycles. The zero-order valence-corrected chi connectivity index (χ0v) is 16.9. The van der Waals surface area contributed by atoms with Gasteiger partial charge in [0, 0.05) is 22.7 Å². The maximum atomic E-state index is 12.7. The quantitative estimate of drug-likeness (QED) is 0.454. The summed E-state index contributed by atoms with van der Waals surface area (Å²) in [6.45, 7) is 0.363. The first kappa shape index (κ1) is 19.0. The normalized spacial score (nSPS) is 11.1. The molecule has 0 fully saturated rings. The van der Waals surface area contributed by atoms with Crippen LogP contribution in [0.5, 0.6) is 0 Å². The summed E-state index contributed by atoms with van der Waals surface area (Å²) in [5.74, 6) is -0.252. The van der Waals surface area contributed by atoms with Crippen LogP contribution < -0.4 is 10.9 Å². The summed E-state index contributed by atoms with van der Waals surface area (Å²) in [6.07, 6.45) is 0. The van der Waals surface area contributed by atoms with E-state index < -0.39 is 0 Å². The molecular weight excluding hydrogens is 414 g/mol. The largest absolute Gasteiger partial charge is 0.348 e. The van der Waals surface area contributed by atoms with Crippen molar-refractivity contribution < 1.29 is 4.79 Å². The molecule has 7 nitrogen and oxygen atoms in total. The van der Waals surface area contributed by atoms with Crippen molar-refractivity contribution in [2.24, 2.45) is 0 Å². The second kappa shape index (κ2) is 7.70. The van der Waals surface area contributed by atoms with Gasteiger partial charge in [0.05, 0.1) is 10.9 Å². The van der Waals surface area contributed by atoms with Crippen LogP contribution in [0.4, 0.5) is 0 Å². The summed E-state index contributed by atoms with van der Waals surface area (Å²) < 4.78 is 1.62. The molecule has 0 bridgehead atoms. The van der Waals surface area contributed by atoms with Crippen LogP contribution in [0.15, 0.2) is 77.6 Å². The highest BCUT2D eigenvalue weighted by Gasteiger charge is 2.15. The van der Waals surface area contributed by atoms with E-state index in [1.54, 1.807) is 34.8 Å². The molecule has 0 saturated carbocycles. The lowest BCUT2D eigenvalue weighted by Gasteiger charge is -2.07. The first-order valence-electron chi connectivity index (χ1n) is 9.59. The van der Waals surface area contributed by atoms with Crippen LogP contribution in [0, 0.1) is 0 Å². The monoisotopic (exact) mass is 429 g/mol. The van der Waals surface area contributed by atoms with Crippen LogP contribution in [0.1, 0.15) is 15.9 Å². The van der Waals surface area contributed by atoms with E-state index >= 15 is 0 Å². The third kappa shape index (κ3) is 3.55. The highest BCUT2D eigenvalue weighted by atomic mass is 35.5. The lowest BCUT2D eigenvalue weighted by atomic mass is 10.1. The molecule has 0 saturated heterocycles. The number of nitrogens with zero attached hydrogens (tertiary/aromatic N) is 3. The number of nitrogens with one attached hydrogen (secondary N) is 2. The number of hydrogen-bond acceptors (Lipinski definition) is 4. The predicted octanol–water partition coefficient (Wildman–Crippen LogP) is 3.82. The number of fused-ring (bicyclic) bond motifs is 3. The Labute approximate surface area is 181 Å². The Balaban J connectivity index is 1.53. The Bertz CT molecular complexity index is 1470. The molecule has 2 aromatic heterocycles. The molecule has 0 unspecified atom stereocenters. The zero-order valence-electron chi connectivity index (χ0n) is 16.2. The number of amides is 1. The third-order valence-corrected chi connectivity index (χ3v) is 5.29. The summed E-state index contributed by atoms with van der Waals surface area (Å²) in [5.41, 5.74) is 3.33. The molecule has 5 aromatic rings. The number of carbonyl (C=O) groups excluding carboxylic acids is 1. The fourth-order valence-electron chi connectivity index (χ4n) is 3.45. The van der Waals surface area contributed by atoms with Crippen LogP contribution in [0.25, 0.3) is 27.8 Å². The minimum Gasteiger partial charge on any atom is -0.348 e. The number of aromatic nitrogens is 4. The minimum atomic E-state index is -0.373. The number of halogens is 1. The van der Waals surface area contributed by atoms with Crippen molar-refractivity contribution in [3.63, 3.8) is 0 Å². The first-order chi connectivity index (χ1) is 15.1. The van der Waals surface area contributed by atoms with Crippen molar-refractivity contribution in [3.8, 4) is 11.3 Å². The molecule has 0 spiro atoms. The van der Waals surface area contributed by atoms with E-state index in [0.29, 0.717) is 39.4 Å². The average molecular weight is 430 g/mol. The Morgan fingerprint density at radius 1 is 1.03 bits per heavy atom. The van der Waals surface area contributed by atoms with Crippen LogP contribution in [0.2, 0.25) is 5.02 Å². The number of H-pyrrole nitrogens is 1. The summed E-state index contributed by atoms with van der Waals surface area (Å²) in [6, 6.07) is 21.6. The minimum absolute atomic E-state index is 0.252. The molecule has 3 aromatic carbocycles. The van der Waals surface area contributed by atoms with E-state index in [1.807, 2.05) is 42.5 Å². The molecular formula is C23H16ClN5O2. The number of carbonyl (C=O) groups is 1. The number of aromatic amines is 1. The molecule has 1 amide bonds. The van der Waals surface area contributed by atoms with E-state index in [-0.39, 0.29) is 11.5 Å². The standard InChI is InChI=1S/C23H16ClN5O2/c24-17-9-6-14(7-10-17)13-25-22(30)16-8-11-18-19(12-16)29-21(26-23(18)31)20(27-28-29)15-4-2-1-3-5-15/h1-12,28H,13H2,(H,25,30). The third-order valence-electron chi connectivity index (χ3n) is 5.04.